The van der Waals surface area contributed by atoms with E-state index in [1.807, 2.05) is 0 Å². The minimum absolute atomic E-state index is 0.105. The third-order valence-corrected chi connectivity index (χ3v) is 3.61. The van der Waals surface area contributed by atoms with Crippen molar-refractivity contribution < 1.29 is 19.4 Å². The van der Waals surface area contributed by atoms with Crippen LogP contribution >= 0.6 is 11.6 Å². The van der Waals surface area contributed by atoms with Gasteiger partial charge in [0, 0.05) is 36.8 Å². The summed E-state index contributed by atoms with van der Waals surface area (Å²) in [5, 5.41) is 12.9. The fourth-order valence-electron chi connectivity index (χ4n) is 2.26. The first-order valence-electron chi connectivity index (χ1n) is 6.77. The molecule has 0 saturated carbocycles. The molecule has 0 radical (unpaired) electrons. The van der Waals surface area contributed by atoms with Gasteiger partial charge in [0.1, 0.15) is 0 Å². The van der Waals surface area contributed by atoms with Gasteiger partial charge in [0.05, 0.1) is 13.7 Å². The number of amides is 1. The molecular formula is C14H19ClN2O4. The minimum Gasteiger partial charge on any atom is -0.493 e. The zero-order valence-electron chi connectivity index (χ0n) is 11.8. The SMILES string of the molecule is COc1cc(Cl)ccc1OCC[C@@H]1CN(C(=O)O)CCN1. The van der Waals surface area contributed by atoms with Gasteiger partial charge in [-0.2, -0.15) is 0 Å². The molecule has 2 rings (SSSR count). The van der Waals surface area contributed by atoms with Crippen LogP contribution in [-0.2, 0) is 0 Å². The van der Waals surface area contributed by atoms with Crippen LogP contribution in [0.15, 0.2) is 18.2 Å². The van der Waals surface area contributed by atoms with Crippen molar-refractivity contribution in [1.82, 2.24) is 10.2 Å². The number of carbonyl (C=O) groups is 1. The zero-order chi connectivity index (χ0) is 15.2. The monoisotopic (exact) mass is 314 g/mol. The van der Waals surface area contributed by atoms with E-state index in [9.17, 15) is 4.79 Å². The van der Waals surface area contributed by atoms with E-state index in [0.717, 1.165) is 6.42 Å². The van der Waals surface area contributed by atoms with Gasteiger partial charge in [-0.05, 0) is 18.6 Å². The van der Waals surface area contributed by atoms with Crippen LogP contribution in [-0.4, -0.2) is 55.5 Å². The molecule has 21 heavy (non-hydrogen) atoms. The third kappa shape index (κ3) is 4.41. The van der Waals surface area contributed by atoms with Crippen LogP contribution in [0.3, 0.4) is 0 Å². The highest BCUT2D eigenvalue weighted by Gasteiger charge is 2.22. The van der Waals surface area contributed by atoms with Crippen LogP contribution in [0.5, 0.6) is 11.5 Å². The first kappa shape index (κ1) is 15.7. The molecule has 2 N–H and O–H groups in total. The lowest BCUT2D eigenvalue weighted by Gasteiger charge is -2.31. The lowest BCUT2D eigenvalue weighted by molar-refractivity contribution is 0.124. The Morgan fingerprint density at radius 1 is 1.52 bits per heavy atom. The first-order chi connectivity index (χ1) is 10.1. The van der Waals surface area contributed by atoms with Crippen LogP contribution in [0.2, 0.25) is 5.02 Å². The molecule has 1 amide bonds. The maximum absolute atomic E-state index is 10.9. The van der Waals surface area contributed by atoms with E-state index in [0.29, 0.717) is 42.8 Å². The summed E-state index contributed by atoms with van der Waals surface area (Å²) >= 11 is 5.89. The molecule has 7 heteroatoms. The number of nitrogens with one attached hydrogen (secondary N) is 1. The Morgan fingerprint density at radius 3 is 3.05 bits per heavy atom. The molecule has 1 aliphatic heterocycles. The molecule has 0 spiro atoms. The molecule has 1 aromatic carbocycles. The number of methoxy groups -OCH3 is 1. The maximum Gasteiger partial charge on any atom is 0.407 e. The molecule has 1 atom stereocenters. The van der Waals surface area contributed by atoms with Crippen molar-refractivity contribution >= 4 is 17.7 Å². The van der Waals surface area contributed by atoms with Gasteiger partial charge in [-0.3, -0.25) is 0 Å². The highest BCUT2D eigenvalue weighted by Crippen LogP contribution is 2.30. The van der Waals surface area contributed by atoms with Crippen molar-refractivity contribution in [2.24, 2.45) is 0 Å². The highest BCUT2D eigenvalue weighted by atomic mass is 35.5. The summed E-state index contributed by atoms with van der Waals surface area (Å²) in [5.74, 6) is 1.22. The van der Waals surface area contributed by atoms with Gasteiger partial charge in [-0.1, -0.05) is 11.6 Å². The number of halogens is 1. The average molecular weight is 315 g/mol. The summed E-state index contributed by atoms with van der Waals surface area (Å²) in [6.45, 7) is 2.15. The number of piperazine rings is 1. The van der Waals surface area contributed by atoms with Gasteiger partial charge in [0.25, 0.3) is 0 Å². The lowest BCUT2D eigenvalue weighted by Crippen LogP contribution is -2.52. The number of rotatable bonds is 5. The van der Waals surface area contributed by atoms with Gasteiger partial charge in [0.2, 0.25) is 0 Å². The molecule has 1 saturated heterocycles. The third-order valence-electron chi connectivity index (χ3n) is 3.38. The quantitative estimate of drug-likeness (QED) is 0.870. The van der Waals surface area contributed by atoms with Gasteiger partial charge in [-0.15, -0.1) is 0 Å². The second-order valence-corrected chi connectivity index (χ2v) is 5.25. The van der Waals surface area contributed by atoms with E-state index in [4.69, 9.17) is 26.2 Å². The molecule has 1 heterocycles. The predicted molar refractivity (Wildman–Crippen MR) is 79.5 cm³/mol. The molecule has 1 aromatic rings. The number of carboxylic acid groups (broad SMARTS) is 1. The fourth-order valence-corrected chi connectivity index (χ4v) is 2.43. The van der Waals surface area contributed by atoms with Crippen LogP contribution in [0.1, 0.15) is 6.42 Å². The predicted octanol–water partition coefficient (Wildman–Crippen LogP) is 2.07. The van der Waals surface area contributed by atoms with E-state index in [1.165, 1.54) is 4.90 Å². The van der Waals surface area contributed by atoms with Crippen molar-refractivity contribution in [3.8, 4) is 11.5 Å². The fraction of sp³-hybridized carbons (Fsp3) is 0.500. The number of hydrogen-bond donors (Lipinski definition) is 2. The smallest absolute Gasteiger partial charge is 0.407 e. The Morgan fingerprint density at radius 2 is 2.33 bits per heavy atom. The minimum atomic E-state index is -0.873. The lowest BCUT2D eigenvalue weighted by atomic mass is 10.1. The average Bonchev–Trinajstić information content (AvgIpc) is 2.49. The van der Waals surface area contributed by atoms with Crippen LogP contribution < -0.4 is 14.8 Å². The summed E-state index contributed by atoms with van der Waals surface area (Å²) in [6, 6.07) is 5.30. The summed E-state index contributed by atoms with van der Waals surface area (Å²) in [7, 11) is 1.56. The van der Waals surface area contributed by atoms with Gasteiger partial charge < -0.3 is 24.8 Å². The number of ether oxygens (including phenoxy) is 2. The summed E-state index contributed by atoms with van der Waals surface area (Å²) < 4.78 is 10.9. The standard InChI is InChI=1S/C14H19ClN2O4/c1-20-13-8-10(15)2-3-12(13)21-7-4-11-9-17(14(18)19)6-5-16-11/h2-3,8,11,16H,4-7,9H2,1H3,(H,18,19)/t11-/m1/s1. The van der Waals surface area contributed by atoms with E-state index in [2.05, 4.69) is 5.32 Å². The van der Waals surface area contributed by atoms with Crippen molar-refractivity contribution in [3.63, 3.8) is 0 Å². The topological polar surface area (TPSA) is 71.0 Å². The number of nitrogens with zero attached hydrogens (tertiary/aromatic N) is 1. The Bertz CT molecular complexity index is 498. The van der Waals surface area contributed by atoms with Crippen LogP contribution in [0.25, 0.3) is 0 Å². The largest absolute Gasteiger partial charge is 0.493 e. The molecular weight excluding hydrogens is 296 g/mol. The van der Waals surface area contributed by atoms with E-state index < -0.39 is 6.09 Å². The number of hydrogen-bond acceptors (Lipinski definition) is 4. The van der Waals surface area contributed by atoms with E-state index in [1.54, 1.807) is 25.3 Å². The molecule has 0 aliphatic carbocycles. The molecule has 1 fully saturated rings. The Kier molecular flexibility index (Phi) is 5.52. The van der Waals surface area contributed by atoms with Gasteiger partial charge in [-0.25, -0.2) is 4.79 Å². The Hall–Kier alpha value is -1.66. The molecule has 116 valence electrons. The molecule has 6 nitrogen and oxygen atoms in total. The first-order valence-corrected chi connectivity index (χ1v) is 7.15. The van der Waals surface area contributed by atoms with Crippen molar-refractivity contribution in [2.75, 3.05) is 33.4 Å². The van der Waals surface area contributed by atoms with Crippen molar-refractivity contribution in [1.29, 1.82) is 0 Å². The van der Waals surface area contributed by atoms with E-state index >= 15 is 0 Å². The van der Waals surface area contributed by atoms with Crippen molar-refractivity contribution in [2.45, 2.75) is 12.5 Å². The molecule has 1 aliphatic rings. The second-order valence-electron chi connectivity index (χ2n) is 4.81. The summed E-state index contributed by atoms with van der Waals surface area (Å²) in [6.07, 6.45) is -0.156. The summed E-state index contributed by atoms with van der Waals surface area (Å²) in [4.78, 5) is 12.4. The molecule has 0 bridgehead atoms. The molecule has 0 unspecified atom stereocenters. The van der Waals surface area contributed by atoms with Gasteiger partial charge in [0.15, 0.2) is 11.5 Å². The van der Waals surface area contributed by atoms with Crippen LogP contribution in [0, 0.1) is 0 Å². The maximum atomic E-state index is 10.9. The summed E-state index contributed by atoms with van der Waals surface area (Å²) in [5.41, 5.74) is 0. The Balaban J connectivity index is 1.83. The highest BCUT2D eigenvalue weighted by molar-refractivity contribution is 6.30. The molecule has 0 aromatic heterocycles. The van der Waals surface area contributed by atoms with E-state index in [-0.39, 0.29) is 6.04 Å². The zero-order valence-corrected chi connectivity index (χ0v) is 12.6. The van der Waals surface area contributed by atoms with Gasteiger partial charge >= 0.3 is 6.09 Å². The Labute approximate surface area is 128 Å². The normalized spacial score (nSPS) is 18.4. The number of benzene rings is 1. The second kappa shape index (κ2) is 7.38. The van der Waals surface area contributed by atoms with Crippen LogP contribution in [0.4, 0.5) is 4.79 Å². The van der Waals surface area contributed by atoms with Crippen molar-refractivity contribution in [3.05, 3.63) is 23.2 Å².